The fourth-order valence-corrected chi connectivity index (χ4v) is 9.92. The fraction of sp³-hybridized carbons (Fsp3) is 0.619. The highest BCUT2D eigenvalue weighted by atomic mass is 19.1. The average molecular weight is 723 g/mol. The van der Waals surface area contributed by atoms with E-state index in [0.29, 0.717) is 36.8 Å². The third kappa shape index (κ3) is 6.52. The third-order valence-corrected chi connectivity index (χ3v) is 12.9. The molecule has 0 saturated carbocycles. The molecule has 6 rings (SSSR count). The van der Waals surface area contributed by atoms with E-state index in [9.17, 15) is 9.59 Å². The Kier molecular flexibility index (Phi) is 10.6. The van der Waals surface area contributed by atoms with Gasteiger partial charge < -0.3 is 28.7 Å². The van der Waals surface area contributed by atoms with Crippen molar-refractivity contribution in [3.05, 3.63) is 70.3 Å². The standard InChI is InChI=1S/C42H56F2N2O6/c1-39(2)23-27-15-17-31(43)37(49-7)35(27)41(39,25-29-13-9-11-21-45(29)5)51-33(47)19-20-34(48)52-42(26-30-14-10-12-22-46(30)6)36-28(24-40(42,3)4)16-18-32(44)38(36)50-8/h15-20,29-30H,9-14,21-26H2,1-8H3/b20-19+. The molecule has 0 spiro atoms. The first-order valence-corrected chi connectivity index (χ1v) is 18.9. The molecule has 0 amide bonds. The Bertz CT molecular complexity index is 1600. The van der Waals surface area contributed by atoms with Crippen LogP contribution in [0.4, 0.5) is 8.78 Å². The normalized spacial score (nSPS) is 28.3. The average Bonchev–Trinajstić information content (AvgIpc) is 3.44. The van der Waals surface area contributed by atoms with Gasteiger partial charge in [0.1, 0.15) is 11.2 Å². The number of ether oxygens (including phenoxy) is 4. The van der Waals surface area contributed by atoms with Crippen molar-refractivity contribution < 1.29 is 37.3 Å². The molecule has 284 valence electrons. The molecule has 2 fully saturated rings. The van der Waals surface area contributed by atoms with Gasteiger partial charge in [0.05, 0.1) is 14.2 Å². The van der Waals surface area contributed by atoms with E-state index in [1.807, 2.05) is 27.7 Å². The van der Waals surface area contributed by atoms with Gasteiger partial charge >= 0.3 is 11.9 Å². The fourth-order valence-electron chi connectivity index (χ4n) is 9.92. The van der Waals surface area contributed by atoms with Crippen molar-refractivity contribution in [2.24, 2.45) is 10.8 Å². The summed E-state index contributed by atoms with van der Waals surface area (Å²) in [6.07, 6.45) is 10.3. The van der Waals surface area contributed by atoms with Crippen molar-refractivity contribution >= 4 is 11.9 Å². The lowest BCUT2D eigenvalue weighted by Gasteiger charge is -2.46. The third-order valence-electron chi connectivity index (χ3n) is 12.9. The van der Waals surface area contributed by atoms with Crippen LogP contribution in [0.25, 0.3) is 0 Å². The Labute approximate surface area is 307 Å². The topological polar surface area (TPSA) is 77.5 Å². The molecule has 4 aliphatic rings. The van der Waals surface area contributed by atoms with Crippen molar-refractivity contribution in [2.75, 3.05) is 41.4 Å². The maximum atomic E-state index is 15.4. The number of rotatable bonds is 10. The predicted molar refractivity (Wildman–Crippen MR) is 195 cm³/mol. The van der Waals surface area contributed by atoms with Gasteiger partial charge in [0, 0.05) is 59.0 Å². The molecule has 0 radical (unpaired) electrons. The van der Waals surface area contributed by atoms with E-state index in [2.05, 4.69) is 23.9 Å². The van der Waals surface area contributed by atoms with E-state index in [-0.39, 0.29) is 23.6 Å². The molecule has 0 bridgehead atoms. The number of halogens is 2. The molecule has 0 N–H and O–H groups in total. The van der Waals surface area contributed by atoms with Crippen molar-refractivity contribution in [3.63, 3.8) is 0 Å². The number of benzene rings is 2. The molecule has 4 unspecified atom stereocenters. The Morgan fingerprint density at radius 1 is 0.692 bits per heavy atom. The highest BCUT2D eigenvalue weighted by molar-refractivity contribution is 5.92. The maximum absolute atomic E-state index is 15.4. The number of nitrogens with zero attached hydrogens (tertiary/aromatic N) is 2. The maximum Gasteiger partial charge on any atom is 0.331 e. The number of carbonyl (C=O) groups is 2. The predicted octanol–water partition coefficient (Wildman–Crippen LogP) is 7.63. The first-order chi connectivity index (χ1) is 24.6. The summed E-state index contributed by atoms with van der Waals surface area (Å²) in [4.78, 5) is 32.6. The van der Waals surface area contributed by atoms with Crippen LogP contribution in [0.1, 0.15) is 101 Å². The van der Waals surface area contributed by atoms with Crippen LogP contribution in [0, 0.1) is 22.5 Å². The van der Waals surface area contributed by atoms with Gasteiger partial charge in [-0.2, -0.15) is 0 Å². The van der Waals surface area contributed by atoms with E-state index >= 15 is 8.78 Å². The zero-order chi connectivity index (χ0) is 37.6. The van der Waals surface area contributed by atoms with Gasteiger partial charge in [-0.05, 0) is 89.0 Å². The largest absolute Gasteiger partial charge is 0.493 e. The summed E-state index contributed by atoms with van der Waals surface area (Å²) < 4.78 is 55.1. The Morgan fingerprint density at radius 3 is 1.42 bits per heavy atom. The lowest BCUT2D eigenvalue weighted by molar-refractivity contribution is -0.176. The smallest absolute Gasteiger partial charge is 0.331 e. The minimum atomic E-state index is -1.23. The second-order valence-electron chi connectivity index (χ2n) is 16.8. The van der Waals surface area contributed by atoms with Crippen LogP contribution in [-0.4, -0.2) is 75.2 Å². The molecule has 52 heavy (non-hydrogen) atoms. The summed E-state index contributed by atoms with van der Waals surface area (Å²) >= 11 is 0. The van der Waals surface area contributed by atoms with Crippen molar-refractivity contribution in [2.45, 2.75) is 115 Å². The van der Waals surface area contributed by atoms with Crippen LogP contribution in [0.5, 0.6) is 11.5 Å². The summed E-state index contributed by atoms with van der Waals surface area (Å²) in [7, 11) is 7.02. The highest BCUT2D eigenvalue weighted by Crippen LogP contribution is 2.60. The first-order valence-electron chi connectivity index (χ1n) is 18.9. The molecule has 2 aliphatic heterocycles. The lowest BCUT2D eigenvalue weighted by atomic mass is 9.70. The van der Waals surface area contributed by atoms with Gasteiger partial charge in [-0.3, -0.25) is 0 Å². The van der Waals surface area contributed by atoms with E-state index in [1.54, 1.807) is 12.1 Å². The molecule has 2 saturated heterocycles. The zero-order valence-corrected chi connectivity index (χ0v) is 32.2. The number of carbonyl (C=O) groups excluding carboxylic acids is 2. The highest BCUT2D eigenvalue weighted by Gasteiger charge is 2.60. The number of likely N-dealkylation sites (tertiary alicyclic amines) is 2. The van der Waals surface area contributed by atoms with Gasteiger partial charge in [-0.1, -0.05) is 52.7 Å². The van der Waals surface area contributed by atoms with Gasteiger partial charge in [-0.15, -0.1) is 0 Å². The number of hydrogen-bond acceptors (Lipinski definition) is 8. The van der Waals surface area contributed by atoms with Gasteiger partial charge in [0.15, 0.2) is 23.1 Å². The Hall–Kier alpha value is -3.50. The summed E-state index contributed by atoms with van der Waals surface area (Å²) in [6.45, 7) is 9.99. The molecule has 2 aliphatic carbocycles. The monoisotopic (exact) mass is 722 g/mol. The molecule has 2 heterocycles. The van der Waals surface area contributed by atoms with Crippen molar-refractivity contribution in [1.82, 2.24) is 9.80 Å². The Balaban J connectivity index is 1.35. The minimum Gasteiger partial charge on any atom is -0.493 e. The second-order valence-corrected chi connectivity index (χ2v) is 16.8. The zero-order valence-electron chi connectivity index (χ0n) is 32.2. The van der Waals surface area contributed by atoms with E-state index in [4.69, 9.17) is 18.9 Å². The van der Waals surface area contributed by atoms with Crippen LogP contribution in [0.2, 0.25) is 0 Å². The van der Waals surface area contributed by atoms with Crippen molar-refractivity contribution in [3.8, 4) is 11.5 Å². The number of methoxy groups -OCH3 is 2. The molecular formula is C42H56F2N2O6. The quantitative estimate of drug-likeness (QED) is 0.183. The molecule has 2 aromatic carbocycles. The number of fused-ring (bicyclic) bond motifs is 2. The molecular weight excluding hydrogens is 666 g/mol. The van der Waals surface area contributed by atoms with Crippen molar-refractivity contribution in [1.29, 1.82) is 0 Å². The molecule has 0 aromatic heterocycles. The van der Waals surface area contributed by atoms with Gasteiger partial charge in [0.25, 0.3) is 0 Å². The van der Waals surface area contributed by atoms with E-state index in [0.717, 1.165) is 74.9 Å². The van der Waals surface area contributed by atoms with Crippen LogP contribution in [0.3, 0.4) is 0 Å². The number of hydrogen-bond donors (Lipinski definition) is 0. The summed E-state index contributed by atoms with van der Waals surface area (Å²) in [6, 6.07) is 6.49. The minimum absolute atomic E-state index is 0.0793. The van der Waals surface area contributed by atoms with E-state index in [1.165, 1.54) is 26.4 Å². The first kappa shape index (κ1) is 38.2. The van der Waals surface area contributed by atoms with Gasteiger partial charge in [-0.25, -0.2) is 18.4 Å². The lowest BCUT2D eigenvalue weighted by Crippen LogP contribution is -2.49. The number of esters is 2. The van der Waals surface area contributed by atoms with Crippen LogP contribution >= 0.6 is 0 Å². The molecule has 10 heteroatoms. The molecule has 2 aromatic rings. The summed E-state index contributed by atoms with van der Waals surface area (Å²) in [5.41, 5.74) is -0.857. The van der Waals surface area contributed by atoms with Crippen LogP contribution in [0.15, 0.2) is 36.4 Å². The molecule has 8 nitrogen and oxygen atoms in total. The summed E-state index contributed by atoms with van der Waals surface area (Å²) in [5, 5.41) is 0. The van der Waals surface area contributed by atoms with Gasteiger partial charge in [0.2, 0.25) is 0 Å². The van der Waals surface area contributed by atoms with E-state index < -0.39 is 45.6 Å². The van der Waals surface area contributed by atoms with Crippen LogP contribution in [-0.2, 0) is 43.1 Å². The SMILES string of the molecule is COc1c(F)ccc2c1C(CC1CCCCN1C)(OC(=O)/C=C/C(=O)OC1(CC3CCCCN3C)c3c(ccc(F)c3OC)CC1(C)C)C(C)(C)C2. The molecule has 4 atom stereocenters. The van der Waals surface area contributed by atoms with Crippen LogP contribution < -0.4 is 9.47 Å². The Morgan fingerprint density at radius 2 is 1.08 bits per heavy atom. The summed E-state index contributed by atoms with van der Waals surface area (Å²) in [5.74, 6) is -2.35. The second kappa shape index (κ2) is 14.4. The number of piperidine rings is 2.